The fourth-order valence-electron chi connectivity index (χ4n) is 2.00. The third kappa shape index (κ3) is 3.39. The number of rotatable bonds is 5. The molecule has 0 unspecified atom stereocenters. The molecule has 0 saturated carbocycles. The van der Waals surface area contributed by atoms with Crippen LogP contribution >= 0.6 is 11.6 Å². The van der Waals surface area contributed by atoms with Gasteiger partial charge in [-0.3, -0.25) is 4.90 Å². The Morgan fingerprint density at radius 3 is 2.44 bits per heavy atom. The van der Waals surface area contributed by atoms with E-state index >= 15 is 0 Å². The van der Waals surface area contributed by atoms with E-state index in [1.54, 1.807) is 0 Å². The van der Waals surface area contributed by atoms with Gasteiger partial charge >= 0.3 is 0 Å². The number of halogens is 1. The molecule has 0 radical (unpaired) electrons. The van der Waals surface area contributed by atoms with E-state index < -0.39 is 0 Å². The van der Waals surface area contributed by atoms with Crippen LogP contribution in [-0.2, 0) is 6.54 Å². The lowest BCUT2D eigenvalue weighted by Crippen LogP contribution is -2.30. The zero-order valence-corrected chi connectivity index (χ0v) is 11.1. The van der Waals surface area contributed by atoms with Gasteiger partial charge in [0.25, 0.3) is 0 Å². The molecule has 0 aliphatic carbocycles. The number of nitrogen functional groups attached to an aromatic ring is 1. The molecule has 0 aromatic heterocycles. The average Bonchev–Trinajstić information content (AvgIpc) is 2.24. The van der Waals surface area contributed by atoms with Crippen molar-refractivity contribution in [1.29, 1.82) is 0 Å². The second-order valence-corrected chi connectivity index (χ2v) is 4.64. The van der Waals surface area contributed by atoms with Gasteiger partial charge < -0.3 is 5.73 Å². The summed E-state index contributed by atoms with van der Waals surface area (Å²) >= 11 is 6.16. The van der Waals surface area contributed by atoms with Crippen LogP contribution in [0.4, 0.5) is 5.69 Å². The van der Waals surface area contributed by atoms with Gasteiger partial charge in [-0.2, -0.15) is 0 Å². The number of anilines is 1. The van der Waals surface area contributed by atoms with Gasteiger partial charge in [0.2, 0.25) is 0 Å². The van der Waals surface area contributed by atoms with Crippen LogP contribution < -0.4 is 5.73 Å². The fraction of sp³-hybridized carbons (Fsp3) is 0.538. The monoisotopic (exact) mass is 240 g/mol. The molecular weight excluding hydrogens is 220 g/mol. The van der Waals surface area contributed by atoms with Crippen LogP contribution in [0.3, 0.4) is 0 Å². The molecule has 0 aliphatic heterocycles. The van der Waals surface area contributed by atoms with Gasteiger partial charge in [-0.25, -0.2) is 0 Å². The summed E-state index contributed by atoms with van der Waals surface area (Å²) in [5, 5.41) is 0.762. The molecule has 2 N–H and O–H groups in total. The Hall–Kier alpha value is -0.730. The zero-order chi connectivity index (χ0) is 12.1. The summed E-state index contributed by atoms with van der Waals surface area (Å²) in [6.07, 6.45) is 2.33. The summed E-state index contributed by atoms with van der Waals surface area (Å²) in [4.78, 5) is 2.34. The van der Waals surface area contributed by atoms with Crippen molar-refractivity contribution in [2.75, 3.05) is 12.8 Å². The highest BCUT2D eigenvalue weighted by atomic mass is 35.5. The Morgan fingerprint density at radius 1 is 1.31 bits per heavy atom. The van der Waals surface area contributed by atoms with E-state index in [9.17, 15) is 0 Å². The standard InChI is InChI=1S/C13H21ClN2/c1-4-12(5-2)16(3)9-10-6-7-11(15)8-13(10)14/h6-8,12H,4-5,9,15H2,1-3H3. The van der Waals surface area contributed by atoms with Crippen molar-refractivity contribution >= 4 is 17.3 Å². The van der Waals surface area contributed by atoms with Gasteiger partial charge in [0, 0.05) is 23.3 Å². The lowest BCUT2D eigenvalue weighted by molar-refractivity contribution is 0.222. The molecule has 0 aliphatic rings. The van der Waals surface area contributed by atoms with Crippen LogP contribution in [0.5, 0.6) is 0 Å². The predicted molar refractivity (Wildman–Crippen MR) is 71.7 cm³/mol. The Morgan fingerprint density at radius 2 is 1.94 bits per heavy atom. The third-order valence-electron chi connectivity index (χ3n) is 3.06. The van der Waals surface area contributed by atoms with Crippen LogP contribution in [-0.4, -0.2) is 18.0 Å². The highest BCUT2D eigenvalue weighted by Gasteiger charge is 2.12. The molecule has 1 aromatic carbocycles. The van der Waals surface area contributed by atoms with Crippen molar-refractivity contribution < 1.29 is 0 Å². The second-order valence-electron chi connectivity index (χ2n) is 4.24. The van der Waals surface area contributed by atoms with Crippen LogP contribution in [0.2, 0.25) is 5.02 Å². The molecule has 0 bridgehead atoms. The summed E-state index contributed by atoms with van der Waals surface area (Å²) in [6.45, 7) is 5.32. The Labute approximate surface area is 103 Å². The number of nitrogens with zero attached hydrogens (tertiary/aromatic N) is 1. The summed E-state index contributed by atoms with van der Waals surface area (Å²) in [6, 6.07) is 6.35. The Kier molecular flexibility index (Phi) is 5.10. The third-order valence-corrected chi connectivity index (χ3v) is 3.41. The number of hydrogen-bond acceptors (Lipinski definition) is 2. The molecule has 2 nitrogen and oxygen atoms in total. The molecule has 90 valence electrons. The number of nitrogens with two attached hydrogens (primary N) is 1. The van der Waals surface area contributed by atoms with E-state index in [1.807, 2.05) is 18.2 Å². The van der Waals surface area contributed by atoms with Crippen LogP contribution in [0.25, 0.3) is 0 Å². The number of hydrogen-bond donors (Lipinski definition) is 1. The van der Waals surface area contributed by atoms with E-state index in [0.717, 1.165) is 22.8 Å². The first-order valence-electron chi connectivity index (χ1n) is 5.82. The molecule has 0 amide bonds. The molecule has 0 spiro atoms. The number of benzene rings is 1. The van der Waals surface area contributed by atoms with Crippen molar-refractivity contribution in [2.24, 2.45) is 0 Å². The van der Waals surface area contributed by atoms with Crippen LogP contribution in [0, 0.1) is 0 Å². The van der Waals surface area contributed by atoms with Crippen LogP contribution in [0.15, 0.2) is 18.2 Å². The van der Waals surface area contributed by atoms with Crippen molar-refractivity contribution in [3.8, 4) is 0 Å². The summed E-state index contributed by atoms with van der Waals surface area (Å²) in [5.41, 5.74) is 7.54. The minimum absolute atomic E-state index is 0.619. The highest BCUT2D eigenvalue weighted by molar-refractivity contribution is 6.31. The topological polar surface area (TPSA) is 29.3 Å². The van der Waals surface area contributed by atoms with Gasteiger partial charge in [0.15, 0.2) is 0 Å². The van der Waals surface area contributed by atoms with Crippen molar-refractivity contribution in [2.45, 2.75) is 39.3 Å². The zero-order valence-electron chi connectivity index (χ0n) is 10.3. The molecule has 1 rings (SSSR count). The fourth-order valence-corrected chi connectivity index (χ4v) is 2.25. The molecule has 0 heterocycles. The molecule has 0 atom stereocenters. The van der Waals surface area contributed by atoms with Gasteiger partial charge in [0.1, 0.15) is 0 Å². The molecule has 1 aromatic rings. The first-order chi connectivity index (χ1) is 7.58. The van der Waals surface area contributed by atoms with E-state index in [2.05, 4.69) is 25.8 Å². The molecule has 0 saturated heterocycles. The molecule has 0 fully saturated rings. The summed E-state index contributed by atoms with van der Waals surface area (Å²) < 4.78 is 0. The molecule has 16 heavy (non-hydrogen) atoms. The largest absolute Gasteiger partial charge is 0.399 e. The first kappa shape index (κ1) is 13.3. The Bertz CT molecular complexity index is 335. The molecular formula is C13H21ClN2. The van der Waals surface area contributed by atoms with Gasteiger partial charge in [0.05, 0.1) is 0 Å². The minimum Gasteiger partial charge on any atom is -0.399 e. The van der Waals surface area contributed by atoms with Crippen molar-refractivity contribution in [3.05, 3.63) is 28.8 Å². The van der Waals surface area contributed by atoms with E-state index in [4.69, 9.17) is 17.3 Å². The van der Waals surface area contributed by atoms with Crippen molar-refractivity contribution in [1.82, 2.24) is 4.90 Å². The second kappa shape index (κ2) is 6.12. The smallest absolute Gasteiger partial charge is 0.0471 e. The summed E-state index contributed by atoms with van der Waals surface area (Å²) in [5.74, 6) is 0. The lowest BCUT2D eigenvalue weighted by Gasteiger charge is -2.26. The maximum atomic E-state index is 6.16. The summed E-state index contributed by atoms with van der Waals surface area (Å²) in [7, 11) is 2.14. The van der Waals surface area contributed by atoms with Crippen molar-refractivity contribution in [3.63, 3.8) is 0 Å². The normalized spacial score (nSPS) is 11.4. The average molecular weight is 241 g/mol. The van der Waals surface area contributed by atoms with Gasteiger partial charge in [-0.15, -0.1) is 0 Å². The SMILES string of the molecule is CCC(CC)N(C)Cc1ccc(N)cc1Cl. The maximum absolute atomic E-state index is 6.16. The van der Waals surface area contributed by atoms with Crippen LogP contribution in [0.1, 0.15) is 32.3 Å². The van der Waals surface area contributed by atoms with E-state index in [0.29, 0.717) is 6.04 Å². The first-order valence-corrected chi connectivity index (χ1v) is 6.20. The van der Waals surface area contributed by atoms with E-state index in [-0.39, 0.29) is 0 Å². The maximum Gasteiger partial charge on any atom is 0.0471 e. The lowest BCUT2D eigenvalue weighted by atomic mass is 10.1. The highest BCUT2D eigenvalue weighted by Crippen LogP contribution is 2.21. The Balaban J connectivity index is 2.72. The minimum atomic E-state index is 0.619. The van der Waals surface area contributed by atoms with Gasteiger partial charge in [-0.05, 0) is 37.6 Å². The molecule has 3 heteroatoms. The van der Waals surface area contributed by atoms with Gasteiger partial charge in [-0.1, -0.05) is 31.5 Å². The van der Waals surface area contributed by atoms with E-state index in [1.165, 1.54) is 12.8 Å². The quantitative estimate of drug-likeness (QED) is 0.798. The predicted octanol–water partition coefficient (Wildman–Crippen LogP) is 3.54.